The van der Waals surface area contributed by atoms with Gasteiger partial charge >= 0.3 is 6.09 Å². The summed E-state index contributed by atoms with van der Waals surface area (Å²) in [6.45, 7) is 7.85. The van der Waals surface area contributed by atoms with Gasteiger partial charge in [0.1, 0.15) is 5.60 Å². The van der Waals surface area contributed by atoms with Crippen molar-refractivity contribution in [1.29, 1.82) is 0 Å². The molecule has 1 saturated heterocycles. The summed E-state index contributed by atoms with van der Waals surface area (Å²) in [4.78, 5) is 13.9. The molecule has 1 N–H and O–H groups in total. The van der Waals surface area contributed by atoms with Gasteiger partial charge in [0.15, 0.2) is 0 Å². The van der Waals surface area contributed by atoms with Crippen LogP contribution in [0.5, 0.6) is 0 Å². The maximum Gasteiger partial charge on any atom is 0.410 e. The third kappa shape index (κ3) is 2.57. The van der Waals surface area contributed by atoms with Crippen LogP contribution in [0.2, 0.25) is 0 Å². The Morgan fingerprint density at radius 2 is 2.06 bits per heavy atom. The molecular weight excluding hydrogens is 216 g/mol. The number of ether oxygens (including phenoxy) is 1. The summed E-state index contributed by atoms with van der Waals surface area (Å²) >= 11 is 0. The molecule has 98 valence electrons. The van der Waals surface area contributed by atoms with Gasteiger partial charge in [-0.25, -0.2) is 4.79 Å². The van der Waals surface area contributed by atoms with E-state index in [0.717, 1.165) is 25.9 Å². The lowest BCUT2D eigenvalue weighted by Crippen LogP contribution is -2.46. The Morgan fingerprint density at radius 1 is 1.41 bits per heavy atom. The van der Waals surface area contributed by atoms with Crippen LogP contribution in [0.1, 0.15) is 40.0 Å². The van der Waals surface area contributed by atoms with Gasteiger partial charge in [0.25, 0.3) is 0 Å². The van der Waals surface area contributed by atoms with Crippen LogP contribution in [0.4, 0.5) is 4.79 Å². The SMILES string of the molecule is CN(C(=O)OC(C)(C)C)C1(C2CCNC2)CC1. The smallest absolute Gasteiger partial charge is 0.410 e. The zero-order valence-electron chi connectivity index (χ0n) is 11.4. The highest BCUT2D eigenvalue weighted by Gasteiger charge is 2.55. The number of nitrogens with zero attached hydrogens (tertiary/aromatic N) is 1. The van der Waals surface area contributed by atoms with Gasteiger partial charge in [0.2, 0.25) is 0 Å². The number of hydrogen-bond acceptors (Lipinski definition) is 3. The highest BCUT2D eigenvalue weighted by Crippen LogP contribution is 2.49. The average molecular weight is 240 g/mol. The molecule has 0 aromatic carbocycles. The number of carbonyl (C=O) groups excluding carboxylic acids is 1. The minimum absolute atomic E-state index is 0.0752. The van der Waals surface area contributed by atoms with Crippen molar-refractivity contribution < 1.29 is 9.53 Å². The fraction of sp³-hybridized carbons (Fsp3) is 0.923. The fourth-order valence-electron chi connectivity index (χ4n) is 2.77. The van der Waals surface area contributed by atoms with Crippen molar-refractivity contribution in [3.8, 4) is 0 Å². The van der Waals surface area contributed by atoms with Crippen molar-refractivity contribution in [2.75, 3.05) is 20.1 Å². The van der Waals surface area contributed by atoms with Crippen LogP contribution in [-0.2, 0) is 4.74 Å². The quantitative estimate of drug-likeness (QED) is 0.802. The van der Waals surface area contributed by atoms with Gasteiger partial charge in [-0.3, -0.25) is 0 Å². The number of carbonyl (C=O) groups is 1. The summed E-state index contributed by atoms with van der Waals surface area (Å²) in [7, 11) is 1.89. The van der Waals surface area contributed by atoms with E-state index in [4.69, 9.17) is 4.74 Å². The van der Waals surface area contributed by atoms with Gasteiger partial charge in [-0.15, -0.1) is 0 Å². The van der Waals surface area contributed by atoms with Gasteiger partial charge in [-0.1, -0.05) is 0 Å². The molecule has 0 radical (unpaired) electrons. The molecule has 0 spiro atoms. The van der Waals surface area contributed by atoms with E-state index in [1.165, 1.54) is 6.42 Å². The van der Waals surface area contributed by atoms with E-state index in [1.54, 1.807) is 0 Å². The van der Waals surface area contributed by atoms with Gasteiger partial charge in [0.05, 0.1) is 5.54 Å². The maximum absolute atomic E-state index is 12.1. The molecular formula is C13H24N2O2. The molecule has 0 bridgehead atoms. The standard InChI is InChI=1S/C13H24N2O2/c1-12(2,3)17-11(16)15(4)13(6-7-13)10-5-8-14-9-10/h10,14H,5-9H2,1-4H3. The average Bonchev–Trinajstić information content (AvgIpc) is 2.82. The van der Waals surface area contributed by atoms with E-state index >= 15 is 0 Å². The van der Waals surface area contributed by atoms with E-state index in [0.29, 0.717) is 5.92 Å². The lowest BCUT2D eigenvalue weighted by atomic mass is 9.95. The first-order valence-corrected chi connectivity index (χ1v) is 6.53. The second-order valence-corrected chi connectivity index (χ2v) is 6.33. The summed E-state index contributed by atoms with van der Waals surface area (Å²) in [6, 6.07) is 0. The number of rotatable bonds is 2. The molecule has 1 aliphatic heterocycles. The third-order valence-corrected chi connectivity index (χ3v) is 3.92. The molecule has 1 heterocycles. The zero-order chi connectivity index (χ0) is 12.7. The lowest BCUT2D eigenvalue weighted by Gasteiger charge is -2.34. The Labute approximate surface area is 104 Å². The molecule has 0 aromatic heterocycles. The van der Waals surface area contributed by atoms with Crippen molar-refractivity contribution in [2.45, 2.75) is 51.2 Å². The molecule has 4 nitrogen and oxygen atoms in total. The van der Waals surface area contributed by atoms with Gasteiger partial charge < -0.3 is 15.0 Å². The summed E-state index contributed by atoms with van der Waals surface area (Å²) in [5, 5.41) is 3.38. The Balaban J connectivity index is 1.99. The fourth-order valence-corrected chi connectivity index (χ4v) is 2.77. The highest BCUT2D eigenvalue weighted by molar-refractivity contribution is 5.69. The number of amides is 1. The summed E-state index contributed by atoms with van der Waals surface area (Å²) in [5.74, 6) is 0.597. The Bertz CT molecular complexity index is 299. The third-order valence-electron chi connectivity index (χ3n) is 3.92. The van der Waals surface area contributed by atoms with E-state index in [-0.39, 0.29) is 11.6 Å². The van der Waals surface area contributed by atoms with Crippen LogP contribution < -0.4 is 5.32 Å². The van der Waals surface area contributed by atoms with Crippen molar-refractivity contribution in [3.05, 3.63) is 0 Å². The molecule has 1 amide bonds. The van der Waals surface area contributed by atoms with Crippen molar-refractivity contribution in [1.82, 2.24) is 10.2 Å². The monoisotopic (exact) mass is 240 g/mol. The molecule has 2 rings (SSSR count). The summed E-state index contributed by atoms with van der Waals surface area (Å²) in [5.41, 5.74) is -0.332. The second kappa shape index (κ2) is 4.16. The minimum Gasteiger partial charge on any atom is -0.444 e. The molecule has 1 atom stereocenters. The van der Waals surface area contributed by atoms with Crippen LogP contribution in [0.3, 0.4) is 0 Å². The van der Waals surface area contributed by atoms with Crippen molar-refractivity contribution in [2.24, 2.45) is 5.92 Å². The van der Waals surface area contributed by atoms with Crippen LogP contribution >= 0.6 is 0 Å². The largest absolute Gasteiger partial charge is 0.444 e. The van der Waals surface area contributed by atoms with E-state index in [9.17, 15) is 4.79 Å². The predicted octanol–water partition coefficient (Wildman–Crippen LogP) is 2.00. The molecule has 2 fully saturated rings. The van der Waals surface area contributed by atoms with Gasteiger partial charge in [-0.05, 0) is 52.5 Å². The molecule has 17 heavy (non-hydrogen) atoms. The van der Waals surface area contributed by atoms with Crippen molar-refractivity contribution >= 4 is 6.09 Å². The molecule has 0 aromatic rings. The normalized spacial score (nSPS) is 26.7. The topological polar surface area (TPSA) is 41.6 Å². The highest BCUT2D eigenvalue weighted by atomic mass is 16.6. The number of hydrogen-bond donors (Lipinski definition) is 1. The lowest BCUT2D eigenvalue weighted by molar-refractivity contribution is 0.0134. The zero-order valence-corrected chi connectivity index (χ0v) is 11.4. The Morgan fingerprint density at radius 3 is 2.47 bits per heavy atom. The summed E-state index contributed by atoms with van der Waals surface area (Å²) in [6.07, 6.45) is 3.24. The van der Waals surface area contributed by atoms with Crippen LogP contribution in [0.15, 0.2) is 0 Å². The van der Waals surface area contributed by atoms with Crippen molar-refractivity contribution in [3.63, 3.8) is 0 Å². The predicted molar refractivity (Wildman–Crippen MR) is 66.9 cm³/mol. The van der Waals surface area contributed by atoms with Crippen LogP contribution in [0.25, 0.3) is 0 Å². The first kappa shape index (κ1) is 12.7. The van der Waals surface area contributed by atoms with Crippen LogP contribution in [0, 0.1) is 5.92 Å². The first-order chi connectivity index (χ1) is 7.85. The molecule has 4 heteroatoms. The van der Waals surface area contributed by atoms with Gasteiger partial charge in [-0.2, -0.15) is 0 Å². The number of nitrogens with one attached hydrogen (secondary N) is 1. The summed E-state index contributed by atoms with van der Waals surface area (Å²) < 4.78 is 5.45. The van der Waals surface area contributed by atoms with E-state index in [2.05, 4.69) is 5.32 Å². The van der Waals surface area contributed by atoms with Crippen LogP contribution in [-0.4, -0.2) is 42.3 Å². The molecule has 2 aliphatic rings. The molecule has 1 saturated carbocycles. The molecule has 1 unspecified atom stereocenters. The molecule has 1 aliphatic carbocycles. The van der Waals surface area contributed by atoms with E-state index in [1.807, 2.05) is 32.7 Å². The Hall–Kier alpha value is -0.770. The van der Waals surface area contributed by atoms with E-state index < -0.39 is 5.60 Å². The van der Waals surface area contributed by atoms with Gasteiger partial charge in [0, 0.05) is 13.6 Å². The first-order valence-electron chi connectivity index (χ1n) is 6.53. The maximum atomic E-state index is 12.1. The Kier molecular flexibility index (Phi) is 3.10. The second-order valence-electron chi connectivity index (χ2n) is 6.33. The minimum atomic E-state index is -0.407.